The van der Waals surface area contributed by atoms with Gasteiger partial charge in [0, 0.05) is 0 Å². The van der Waals surface area contributed by atoms with Gasteiger partial charge in [0.2, 0.25) is 0 Å². The molecule has 1 amide bonds. The minimum Gasteiger partial charge on any atom is -0.479 e. The molecule has 5 atom stereocenters. The van der Waals surface area contributed by atoms with Crippen LogP contribution in [0.4, 0.5) is 0 Å². The Hall–Kier alpha value is -0.390. The van der Waals surface area contributed by atoms with E-state index >= 15 is 0 Å². The standard InChI is InChI=1S/C6H10O7.C2H2Cl3NO/c7-1-2(8)4(5(10)11)13-6(12)3(1)9;3-2(4,5)1(6)7/h1-4,6-9,12H,(H,10,11);(H2,6,7)/t1-,2-,3+,4-,6?;/m0./s1. The minimum atomic E-state index is -1.94. The molecular weight excluding hydrogens is 344 g/mol. The smallest absolute Gasteiger partial charge is 0.335 e. The van der Waals surface area contributed by atoms with Gasteiger partial charge in [0.1, 0.15) is 18.3 Å². The van der Waals surface area contributed by atoms with Crippen molar-refractivity contribution >= 4 is 46.7 Å². The molecule has 0 aromatic rings. The van der Waals surface area contributed by atoms with Crippen molar-refractivity contribution in [2.45, 2.75) is 34.5 Å². The molecule has 1 saturated heterocycles. The zero-order valence-corrected chi connectivity index (χ0v) is 11.8. The molecule has 1 aliphatic heterocycles. The third kappa shape index (κ3) is 5.54. The maximum Gasteiger partial charge on any atom is 0.335 e. The fraction of sp³-hybridized carbons (Fsp3) is 0.750. The largest absolute Gasteiger partial charge is 0.479 e. The average Bonchev–Trinajstić information content (AvgIpc) is 2.30. The molecule has 0 aliphatic carbocycles. The molecule has 7 N–H and O–H groups in total. The number of primary amides is 1. The zero-order valence-electron chi connectivity index (χ0n) is 9.56. The highest BCUT2D eigenvalue weighted by atomic mass is 35.6. The first-order chi connectivity index (χ1) is 8.89. The van der Waals surface area contributed by atoms with Crippen molar-refractivity contribution in [3.8, 4) is 0 Å². The Balaban J connectivity index is 0.000000441. The lowest BCUT2D eigenvalue weighted by molar-refractivity contribution is -0.279. The summed E-state index contributed by atoms with van der Waals surface area (Å²) in [7, 11) is 0. The van der Waals surface area contributed by atoms with Gasteiger partial charge in [-0.3, -0.25) is 4.79 Å². The van der Waals surface area contributed by atoms with Gasteiger partial charge in [0.05, 0.1) is 0 Å². The number of hydrogen-bond acceptors (Lipinski definition) is 7. The molecule has 20 heavy (non-hydrogen) atoms. The van der Waals surface area contributed by atoms with Gasteiger partial charge in [-0.05, 0) is 0 Å². The number of hydrogen-bond donors (Lipinski definition) is 6. The van der Waals surface area contributed by atoms with Gasteiger partial charge in [-0.15, -0.1) is 0 Å². The van der Waals surface area contributed by atoms with Gasteiger partial charge in [-0.2, -0.15) is 0 Å². The van der Waals surface area contributed by atoms with E-state index < -0.39 is 46.4 Å². The van der Waals surface area contributed by atoms with Gasteiger partial charge in [0.15, 0.2) is 12.4 Å². The number of aliphatic hydroxyl groups excluding tert-OH is 4. The second-order valence-corrected chi connectivity index (χ2v) is 5.90. The number of carboxylic acids is 1. The van der Waals surface area contributed by atoms with E-state index in [1.54, 1.807) is 0 Å². The highest BCUT2D eigenvalue weighted by molar-refractivity contribution is 6.76. The highest BCUT2D eigenvalue weighted by Crippen LogP contribution is 2.24. The fourth-order valence-corrected chi connectivity index (χ4v) is 1.07. The predicted octanol–water partition coefficient (Wildman–Crippen LogP) is -2.29. The lowest BCUT2D eigenvalue weighted by Gasteiger charge is -2.36. The molecule has 0 bridgehead atoms. The van der Waals surface area contributed by atoms with Crippen LogP contribution in [-0.4, -0.2) is 71.9 Å². The number of halogens is 3. The van der Waals surface area contributed by atoms with Crippen LogP contribution in [0.5, 0.6) is 0 Å². The summed E-state index contributed by atoms with van der Waals surface area (Å²) in [5, 5.41) is 44.4. The first-order valence-corrected chi connectivity index (χ1v) is 6.00. The second-order valence-electron chi connectivity index (χ2n) is 3.62. The molecular formula is C8H12Cl3NO8. The second kappa shape index (κ2) is 7.57. The summed E-state index contributed by atoms with van der Waals surface area (Å²) in [6.07, 6.45) is -8.72. The Labute approximate surface area is 127 Å². The lowest BCUT2D eigenvalue weighted by atomic mass is 9.99. The van der Waals surface area contributed by atoms with Crippen molar-refractivity contribution in [1.29, 1.82) is 0 Å². The number of aliphatic hydroxyl groups is 4. The van der Waals surface area contributed by atoms with Crippen LogP contribution in [0.15, 0.2) is 0 Å². The van der Waals surface area contributed by atoms with Crippen LogP contribution < -0.4 is 5.73 Å². The quantitative estimate of drug-likeness (QED) is 0.285. The maximum atomic E-state index is 10.4. The van der Waals surface area contributed by atoms with Gasteiger partial charge < -0.3 is 36.0 Å². The summed E-state index contributed by atoms with van der Waals surface area (Å²) in [4.78, 5) is 20.2. The van der Waals surface area contributed by atoms with E-state index in [4.69, 9.17) is 60.3 Å². The Morgan fingerprint density at radius 2 is 1.40 bits per heavy atom. The molecule has 0 saturated carbocycles. The van der Waals surface area contributed by atoms with E-state index in [1.807, 2.05) is 0 Å². The van der Waals surface area contributed by atoms with E-state index in [0.717, 1.165) is 0 Å². The number of ether oxygens (including phenoxy) is 1. The van der Waals surface area contributed by atoms with Crippen molar-refractivity contribution in [2.75, 3.05) is 0 Å². The molecule has 0 aromatic carbocycles. The summed E-state index contributed by atoms with van der Waals surface area (Å²) in [6.45, 7) is 0. The number of alkyl halides is 3. The van der Waals surface area contributed by atoms with Crippen molar-refractivity contribution in [1.82, 2.24) is 0 Å². The molecule has 1 fully saturated rings. The number of rotatable bonds is 1. The SMILES string of the molecule is NC(=O)C(Cl)(Cl)Cl.O=C(O)[C@H]1OC(O)[C@H](O)[C@@H](O)[C@@H]1O. The summed E-state index contributed by atoms with van der Waals surface area (Å²) >= 11 is 14.8. The molecule has 1 heterocycles. The first-order valence-electron chi connectivity index (χ1n) is 4.86. The van der Waals surface area contributed by atoms with Crippen molar-refractivity contribution in [3.05, 3.63) is 0 Å². The van der Waals surface area contributed by atoms with E-state index in [0.29, 0.717) is 0 Å². The molecule has 9 nitrogen and oxygen atoms in total. The van der Waals surface area contributed by atoms with E-state index in [-0.39, 0.29) is 0 Å². The van der Waals surface area contributed by atoms with Crippen molar-refractivity contribution < 1.29 is 39.9 Å². The van der Waals surface area contributed by atoms with Crippen molar-refractivity contribution in [2.24, 2.45) is 5.73 Å². The van der Waals surface area contributed by atoms with Gasteiger partial charge in [0.25, 0.3) is 9.70 Å². The molecule has 12 heteroatoms. The number of nitrogens with two attached hydrogens (primary N) is 1. The third-order valence-corrected chi connectivity index (χ3v) is 2.67. The first kappa shape index (κ1) is 19.6. The predicted molar refractivity (Wildman–Crippen MR) is 66.0 cm³/mol. The lowest BCUT2D eigenvalue weighted by Crippen LogP contribution is -2.59. The molecule has 1 unspecified atom stereocenters. The van der Waals surface area contributed by atoms with E-state index in [9.17, 15) is 9.59 Å². The Bertz CT molecular complexity index is 362. The minimum absolute atomic E-state index is 0.961. The van der Waals surface area contributed by atoms with Gasteiger partial charge in [-0.1, -0.05) is 34.8 Å². The number of amides is 1. The van der Waals surface area contributed by atoms with Crippen LogP contribution >= 0.6 is 34.8 Å². The molecule has 0 spiro atoms. The molecule has 0 aromatic heterocycles. The van der Waals surface area contributed by atoms with E-state index in [1.165, 1.54) is 0 Å². The monoisotopic (exact) mass is 355 g/mol. The normalized spacial score (nSPS) is 33.9. The summed E-state index contributed by atoms with van der Waals surface area (Å²) < 4.78 is 2.39. The number of carbonyl (C=O) groups excluding carboxylic acids is 1. The van der Waals surface area contributed by atoms with E-state index in [2.05, 4.69) is 10.5 Å². The topological polar surface area (TPSA) is 171 Å². The van der Waals surface area contributed by atoms with Crippen LogP contribution in [0.25, 0.3) is 0 Å². The Morgan fingerprint density at radius 3 is 1.70 bits per heavy atom. The van der Waals surface area contributed by atoms with Gasteiger partial charge in [-0.25, -0.2) is 4.79 Å². The summed E-state index contributed by atoms with van der Waals surface area (Å²) in [5.74, 6) is -2.48. The molecule has 118 valence electrons. The Kier molecular flexibility index (Phi) is 7.42. The summed E-state index contributed by atoms with van der Waals surface area (Å²) in [5.41, 5.74) is 4.53. The van der Waals surface area contributed by atoms with Crippen LogP contribution in [0.1, 0.15) is 0 Å². The molecule has 1 rings (SSSR count). The number of carbonyl (C=O) groups is 2. The molecule has 0 radical (unpaired) electrons. The average molecular weight is 357 g/mol. The number of aliphatic carboxylic acids is 1. The summed E-state index contributed by atoms with van der Waals surface area (Å²) in [6, 6.07) is 0. The van der Waals surface area contributed by atoms with Crippen LogP contribution in [0.3, 0.4) is 0 Å². The van der Waals surface area contributed by atoms with Gasteiger partial charge >= 0.3 is 5.97 Å². The van der Waals surface area contributed by atoms with Crippen LogP contribution in [-0.2, 0) is 14.3 Å². The van der Waals surface area contributed by atoms with Crippen molar-refractivity contribution in [3.63, 3.8) is 0 Å². The number of carboxylic acid groups (broad SMARTS) is 1. The molecule has 1 aliphatic rings. The van der Waals surface area contributed by atoms with Crippen LogP contribution in [0, 0.1) is 0 Å². The maximum absolute atomic E-state index is 10.4. The zero-order chi connectivity index (χ0) is 16.2. The van der Waals surface area contributed by atoms with Crippen LogP contribution in [0.2, 0.25) is 0 Å². The fourth-order valence-electron chi connectivity index (χ4n) is 1.07. The Morgan fingerprint density at radius 1 is 1.00 bits per heavy atom. The third-order valence-electron chi connectivity index (χ3n) is 2.11. The highest BCUT2D eigenvalue weighted by Gasteiger charge is 2.46.